The van der Waals surface area contributed by atoms with Gasteiger partial charge in [-0.25, -0.2) is 0 Å². The average Bonchev–Trinajstić information content (AvgIpc) is 2.32. The molecule has 6 nitrogen and oxygen atoms in total. The van der Waals surface area contributed by atoms with Crippen molar-refractivity contribution in [2.45, 2.75) is 26.2 Å². The molecule has 0 spiro atoms. The normalized spacial score (nSPS) is 15.6. The SMILES string of the molecule is Cc1cc(N2CCCCC2)ccc1N.O=S(=O)(O)O. The summed E-state index contributed by atoms with van der Waals surface area (Å²) in [6.45, 7) is 4.47. The Labute approximate surface area is 113 Å². The van der Waals surface area contributed by atoms with Crippen LogP contribution in [0.5, 0.6) is 0 Å². The fourth-order valence-electron chi connectivity index (χ4n) is 2.01. The van der Waals surface area contributed by atoms with Crippen LogP contribution < -0.4 is 10.6 Å². The number of piperidine rings is 1. The zero-order valence-corrected chi connectivity index (χ0v) is 11.7. The summed E-state index contributed by atoms with van der Waals surface area (Å²) in [5, 5.41) is 0. The third kappa shape index (κ3) is 6.42. The van der Waals surface area contributed by atoms with Crippen LogP contribution in [0.2, 0.25) is 0 Å². The molecule has 1 saturated heterocycles. The van der Waals surface area contributed by atoms with Crippen molar-refractivity contribution in [1.29, 1.82) is 0 Å². The minimum absolute atomic E-state index is 0.894. The van der Waals surface area contributed by atoms with Crippen molar-refractivity contribution in [3.8, 4) is 0 Å². The lowest BCUT2D eigenvalue weighted by molar-refractivity contribution is 0.381. The molecule has 0 atom stereocenters. The van der Waals surface area contributed by atoms with E-state index in [1.54, 1.807) is 0 Å². The lowest BCUT2D eigenvalue weighted by Gasteiger charge is -2.29. The highest BCUT2D eigenvalue weighted by atomic mass is 32.3. The first-order valence-electron chi connectivity index (χ1n) is 6.08. The van der Waals surface area contributed by atoms with Gasteiger partial charge >= 0.3 is 10.4 Å². The molecule has 1 aromatic rings. The number of aryl methyl sites for hydroxylation is 1. The van der Waals surface area contributed by atoms with Crippen LogP contribution in [-0.4, -0.2) is 30.6 Å². The summed E-state index contributed by atoms with van der Waals surface area (Å²) in [7, 11) is -4.67. The van der Waals surface area contributed by atoms with Crippen LogP contribution in [-0.2, 0) is 10.4 Å². The van der Waals surface area contributed by atoms with E-state index in [9.17, 15) is 0 Å². The Bertz CT molecular complexity index is 502. The Morgan fingerprint density at radius 2 is 1.68 bits per heavy atom. The van der Waals surface area contributed by atoms with Gasteiger partial charge in [-0.3, -0.25) is 9.11 Å². The van der Waals surface area contributed by atoms with E-state index in [-0.39, 0.29) is 0 Å². The minimum atomic E-state index is -4.67. The van der Waals surface area contributed by atoms with Crippen LogP contribution >= 0.6 is 0 Å². The van der Waals surface area contributed by atoms with Crippen molar-refractivity contribution >= 4 is 21.8 Å². The molecule has 108 valence electrons. The van der Waals surface area contributed by atoms with Gasteiger partial charge in [0.15, 0.2) is 0 Å². The standard InChI is InChI=1S/C12H18N2.H2O4S/c1-10-9-11(5-6-12(10)13)14-7-3-2-4-8-14;1-5(2,3)4/h5-6,9H,2-4,7-8,13H2,1H3;(H2,1,2,3,4). The largest absolute Gasteiger partial charge is 0.399 e. The molecular weight excluding hydrogens is 268 g/mol. The lowest BCUT2D eigenvalue weighted by Crippen LogP contribution is -2.29. The van der Waals surface area contributed by atoms with Gasteiger partial charge < -0.3 is 10.6 Å². The van der Waals surface area contributed by atoms with Crippen LogP contribution in [0, 0.1) is 6.92 Å². The van der Waals surface area contributed by atoms with Crippen molar-refractivity contribution in [1.82, 2.24) is 0 Å². The number of nitrogen functional groups attached to an aromatic ring is 1. The van der Waals surface area contributed by atoms with Crippen LogP contribution in [0.15, 0.2) is 18.2 Å². The van der Waals surface area contributed by atoms with Crippen LogP contribution in [0.25, 0.3) is 0 Å². The average molecular weight is 288 g/mol. The molecule has 1 aliphatic heterocycles. The van der Waals surface area contributed by atoms with Crippen LogP contribution in [0.1, 0.15) is 24.8 Å². The predicted octanol–water partition coefficient (Wildman–Crippen LogP) is 1.91. The first-order chi connectivity index (χ1) is 8.77. The molecule has 1 aromatic carbocycles. The van der Waals surface area contributed by atoms with E-state index in [0.717, 1.165) is 5.69 Å². The Morgan fingerprint density at radius 1 is 1.16 bits per heavy atom. The molecule has 0 amide bonds. The van der Waals surface area contributed by atoms with Gasteiger partial charge in [0.2, 0.25) is 0 Å². The quantitative estimate of drug-likeness (QED) is 0.538. The molecule has 1 fully saturated rings. The van der Waals surface area contributed by atoms with Crippen molar-refractivity contribution in [3.63, 3.8) is 0 Å². The van der Waals surface area contributed by atoms with E-state index < -0.39 is 10.4 Å². The molecule has 7 heteroatoms. The van der Waals surface area contributed by atoms with E-state index >= 15 is 0 Å². The van der Waals surface area contributed by atoms with E-state index in [0.29, 0.717) is 0 Å². The van der Waals surface area contributed by atoms with Crippen molar-refractivity contribution in [2.75, 3.05) is 23.7 Å². The number of hydrogen-bond acceptors (Lipinski definition) is 4. The summed E-state index contributed by atoms with van der Waals surface area (Å²) in [5.41, 5.74) is 9.21. The van der Waals surface area contributed by atoms with Crippen molar-refractivity contribution in [2.24, 2.45) is 0 Å². The van der Waals surface area contributed by atoms with Gasteiger partial charge in [0, 0.05) is 24.5 Å². The zero-order valence-electron chi connectivity index (χ0n) is 10.9. The highest BCUT2D eigenvalue weighted by Gasteiger charge is 2.10. The molecule has 0 bridgehead atoms. The maximum Gasteiger partial charge on any atom is 0.394 e. The molecule has 0 saturated carbocycles. The number of nitrogens with two attached hydrogens (primary N) is 1. The van der Waals surface area contributed by atoms with Crippen LogP contribution in [0.3, 0.4) is 0 Å². The monoisotopic (exact) mass is 288 g/mol. The van der Waals surface area contributed by atoms with E-state index in [2.05, 4.69) is 24.0 Å². The van der Waals surface area contributed by atoms with E-state index in [1.165, 1.54) is 43.6 Å². The molecule has 0 aliphatic carbocycles. The third-order valence-corrected chi connectivity index (χ3v) is 2.97. The van der Waals surface area contributed by atoms with Crippen LogP contribution in [0.4, 0.5) is 11.4 Å². The molecule has 1 aliphatic rings. The zero-order chi connectivity index (χ0) is 14.5. The second-order valence-corrected chi connectivity index (χ2v) is 5.43. The van der Waals surface area contributed by atoms with Gasteiger partial charge in [0.1, 0.15) is 0 Å². The summed E-state index contributed by atoms with van der Waals surface area (Å²) in [4.78, 5) is 2.45. The second kappa shape index (κ2) is 6.74. The fourth-order valence-corrected chi connectivity index (χ4v) is 2.01. The smallest absolute Gasteiger partial charge is 0.394 e. The first kappa shape index (κ1) is 15.7. The summed E-state index contributed by atoms with van der Waals surface area (Å²) >= 11 is 0. The highest BCUT2D eigenvalue weighted by Crippen LogP contribution is 2.23. The van der Waals surface area contributed by atoms with Crippen molar-refractivity contribution < 1.29 is 17.5 Å². The Hall–Kier alpha value is -1.31. The van der Waals surface area contributed by atoms with Gasteiger partial charge in [0.05, 0.1) is 0 Å². The number of anilines is 2. The molecular formula is C12H20N2O4S. The first-order valence-corrected chi connectivity index (χ1v) is 7.48. The molecule has 0 aromatic heterocycles. The molecule has 0 radical (unpaired) electrons. The van der Waals surface area contributed by atoms with Gasteiger partial charge in [0.25, 0.3) is 0 Å². The Kier molecular flexibility index (Phi) is 5.59. The minimum Gasteiger partial charge on any atom is -0.399 e. The van der Waals surface area contributed by atoms with E-state index in [4.69, 9.17) is 23.3 Å². The topological polar surface area (TPSA) is 104 Å². The molecule has 4 N–H and O–H groups in total. The number of hydrogen-bond donors (Lipinski definition) is 3. The van der Waals surface area contributed by atoms with Gasteiger partial charge in [-0.05, 0) is 49.9 Å². The van der Waals surface area contributed by atoms with Crippen molar-refractivity contribution in [3.05, 3.63) is 23.8 Å². The van der Waals surface area contributed by atoms with Gasteiger partial charge in [-0.15, -0.1) is 0 Å². The molecule has 2 rings (SSSR count). The number of rotatable bonds is 1. The molecule has 19 heavy (non-hydrogen) atoms. The molecule has 0 unspecified atom stereocenters. The predicted molar refractivity (Wildman–Crippen MR) is 75.8 cm³/mol. The highest BCUT2D eigenvalue weighted by molar-refractivity contribution is 7.79. The van der Waals surface area contributed by atoms with E-state index in [1.807, 2.05) is 6.07 Å². The molecule has 1 heterocycles. The maximum atomic E-state index is 8.74. The fraction of sp³-hybridized carbons (Fsp3) is 0.500. The maximum absolute atomic E-state index is 8.74. The lowest BCUT2D eigenvalue weighted by atomic mass is 10.1. The summed E-state index contributed by atoms with van der Waals surface area (Å²) in [5.74, 6) is 0. The summed E-state index contributed by atoms with van der Waals surface area (Å²) in [6.07, 6.45) is 4.03. The van der Waals surface area contributed by atoms with Gasteiger partial charge in [-0.2, -0.15) is 8.42 Å². The second-order valence-electron chi connectivity index (χ2n) is 4.54. The summed E-state index contributed by atoms with van der Waals surface area (Å²) < 4.78 is 31.6. The number of benzene rings is 1. The summed E-state index contributed by atoms with van der Waals surface area (Å²) in [6, 6.07) is 6.34. The van der Waals surface area contributed by atoms with Gasteiger partial charge in [-0.1, -0.05) is 0 Å². The number of nitrogens with zero attached hydrogens (tertiary/aromatic N) is 1. The Balaban J connectivity index is 0.000000312. The third-order valence-electron chi connectivity index (χ3n) is 2.97. The Morgan fingerprint density at radius 3 is 2.16 bits per heavy atom.